The van der Waals surface area contributed by atoms with Gasteiger partial charge in [0.15, 0.2) is 5.84 Å². The lowest BCUT2D eigenvalue weighted by Gasteiger charge is -2.29. The van der Waals surface area contributed by atoms with E-state index in [0.717, 1.165) is 32.7 Å². The van der Waals surface area contributed by atoms with E-state index in [2.05, 4.69) is 32.9 Å². The van der Waals surface area contributed by atoms with Gasteiger partial charge >= 0.3 is 11.7 Å². The van der Waals surface area contributed by atoms with Crippen LogP contribution in [0, 0.1) is 0 Å². The van der Waals surface area contributed by atoms with E-state index >= 15 is 0 Å². The number of hydrazone groups is 1. The Labute approximate surface area is 195 Å². The van der Waals surface area contributed by atoms with Crippen molar-refractivity contribution in [3.05, 3.63) is 76.7 Å². The molecular formula is C24H23N8O2+. The minimum Gasteiger partial charge on any atom is -0.276 e. The molecule has 4 bridgehead atoms. The van der Waals surface area contributed by atoms with Gasteiger partial charge in [-0.2, -0.15) is 4.79 Å². The van der Waals surface area contributed by atoms with Crippen LogP contribution in [0.15, 0.2) is 70.6 Å². The van der Waals surface area contributed by atoms with E-state index in [1.54, 1.807) is 28.2 Å². The summed E-state index contributed by atoms with van der Waals surface area (Å²) >= 11 is 0. The number of benzene rings is 2. The topological polar surface area (TPSA) is 99.6 Å². The van der Waals surface area contributed by atoms with E-state index in [4.69, 9.17) is 0 Å². The summed E-state index contributed by atoms with van der Waals surface area (Å²) in [7, 11) is 6.50. The summed E-state index contributed by atoms with van der Waals surface area (Å²) in [6.07, 6.45) is 0. The Morgan fingerprint density at radius 3 is 1.82 bits per heavy atom. The molecule has 3 aromatic carbocycles. The minimum atomic E-state index is -0.289. The quantitative estimate of drug-likeness (QED) is 0.464. The second-order valence-electron chi connectivity index (χ2n) is 8.22. The number of nitrogens with zero attached hydrogens (tertiary/aromatic N) is 7. The molecular weight excluding hydrogens is 432 g/mol. The largest absolute Gasteiger partial charge is 0.539 e. The first-order chi connectivity index (χ1) is 16.3. The first-order valence-electron chi connectivity index (χ1n) is 10.6. The zero-order valence-corrected chi connectivity index (χ0v) is 19.2. The van der Waals surface area contributed by atoms with Crippen molar-refractivity contribution in [1.29, 1.82) is 0 Å². The van der Waals surface area contributed by atoms with Gasteiger partial charge in [0.1, 0.15) is 14.1 Å². The third-order valence-corrected chi connectivity index (χ3v) is 5.55. The van der Waals surface area contributed by atoms with Gasteiger partial charge in [-0.1, -0.05) is 43.8 Å². The fourth-order valence-electron chi connectivity index (χ4n) is 3.86. The van der Waals surface area contributed by atoms with E-state index in [9.17, 15) is 9.59 Å². The Kier molecular flexibility index (Phi) is 5.05. The number of amides is 2. The zero-order valence-electron chi connectivity index (χ0n) is 19.2. The van der Waals surface area contributed by atoms with Crippen molar-refractivity contribution in [3.63, 3.8) is 0 Å². The molecule has 5 rings (SSSR count). The molecule has 0 saturated heterocycles. The van der Waals surface area contributed by atoms with E-state index in [1.807, 2.05) is 48.5 Å². The van der Waals surface area contributed by atoms with Crippen LogP contribution >= 0.6 is 0 Å². The van der Waals surface area contributed by atoms with Crippen molar-refractivity contribution in [3.8, 4) is 11.4 Å². The number of hydrogen-bond donors (Lipinski definition) is 1. The molecule has 10 heteroatoms. The number of aromatic nitrogens is 4. The average molecular weight is 456 g/mol. The number of rotatable bonds is 2. The summed E-state index contributed by atoms with van der Waals surface area (Å²) in [5.41, 5.74) is 4.42. The van der Waals surface area contributed by atoms with Crippen LogP contribution in [-0.4, -0.2) is 50.9 Å². The lowest BCUT2D eigenvalue weighted by molar-refractivity contribution is -0.749. The molecule has 0 spiro atoms. The van der Waals surface area contributed by atoms with Crippen LogP contribution in [0.4, 0.5) is 4.79 Å². The maximum Gasteiger partial charge on any atom is 0.539 e. The second kappa shape index (κ2) is 8.07. The summed E-state index contributed by atoms with van der Waals surface area (Å²) in [6, 6.07) is 20.0. The second-order valence-corrected chi connectivity index (χ2v) is 8.22. The van der Waals surface area contributed by atoms with Gasteiger partial charge in [-0.05, 0) is 57.9 Å². The summed E-state index contributed by atoms with van der Waals surface area (Å²) < 4.78 is 2.56. The van der Waals surface area contributed by atoms with Gasteiger partial charge in [0.05, 0.1) is 0 Å². The first kappa shape index (κ1) is 21.3. The van der Waals surface area contributed by atoms with Crippen molar-refractivity contribution in [2.75, 3.05) is 14.1 Å². The van der Waals surface area contributed by atoms with Gasteiger partial charge in [-0.15, -0.1) is 5.10 Å². The van der Waals surface area contributed by atoms with Gasteiger partial charge in [0.2, 0.25) is 5.82 Å². The number of fused-ring (bicyclic) bond motifs is 4. The van der Waals surface area contributed by atoms with Crippen LogP contribution in [0.3, 0.4) is 0 Å². The molecule has 0 atom stereocenters. The molecule has 1 N–H and O–H groups in total. The fourth-order valence-corrected chi connectivity index (χ4v) is 3.86. The number of hydrogen-bond acceptors (Lipinski definition) is 6. The van der Waals surface area contributed by atoms with Gasteiger partial charge < -0.3 is 0 Å². The number of carbonyl (C=O) groups is 1. The molecule has 2 heterocycles. The first-order valence-corrected chi connectivity index (χ1v) is 10.6. The molecule has 0 unspecified atom stereocenters. The molecule has 0 saturated carbocycles. The highest BCUT2D eigenvalue weighted by Gasteiger charge is 2.22. The lowest BCUT2D eigenvalue weighted by atomic mass is 10.1. The molecule has 2 amide bonds. The summed E-state index contributed by atoms with van der Waals surface area (Å²) in [5, 5.41) is 19.6. The van der Waals surface area contributed by atoms with Crippen LogP contribution in [0.1, 0.15) is 5.56 Å². The maximum atomic E-state index is 12.0. The highest BCUT2D eigenvalue weighted by molar-refractivity contribution is 6.03. The Morgan fingerprint density at radius 1 is 0.794 bits per heavy atom. The number of carbonyl (C=O) groups excluding carboxylic acids is 1. The molecule has 10 nitrogen and oxygen atoms in total. The van der Waals surface area contributed by atoms with Crippen LogP contribution in [0.5, 0.6) is 0 Å². The van der Waals surface area contributed by atoms with E-state index < -0.39 is 0 Å². The predicted octanol–water partition coefficient (Wildman–Crippen LogP) is 1.70. The molecule has 0 aliphatic carbocycles. The standard InChI is InChI=1S/C24H23N8O2/c1-29-23(33)30(2)26-21(25-29)19-11-15-5-7-17-10-18(8-6-16(9-15)12-19)14-20(13-17)22-27-31(3)24(34)32(4)28-22/h5-14H,1-4H3,(H,25,26)/q+1. The zero-order chi connectivity index (χ0) is 24.0. The summed E-state index contributed by atoms with van der Waals surface area (Å²) in [6.45, 7) is 0. The van der Waals surface area contributed by atoms with E-state index in [0.29, 0.717) is 11.7 Å². The van der Waals surface area contributed by atoms with Crippen LogP contribution in [-0.2, 0) is 14.1 Å². The number of urea groups is 1. The van der Waals surface area contributed by atoms with E-state index in [-0.39, 0.29) is 11.7 Å². The highest BCUT2D eigenvalue weighted by Crippen LogP contribution is 2.21. The van der Waals surface area contributed by atoms with Crippen LogP contribution < -0.4 is 15.8 Å². The molecule has 1 aliphatic rings. The molecule has 1 aliphatic heterocycles. The fraction of sp³-hybridized carbons (Fsp3) is 0.167. The number of nitrogens with one attached hydrogen (secondary N) is 1. The maximum absolute atomic E-state index is 12.0. The van der Waals surface area contributed by atoms with Crippen molar-refractivity contribution in [2.24, 2.45) is 19.2 Å². The molecule has 4 aromatic rings. The monoisotopic (exact) mass is 455 g/mol. The smallest absolute Gasteiger partial charge is 0.276 e. The predicted molar refractivity (Wildman–Crippen MR) is 128 cm³/mol. The molecule has 0 fully saturated rings. The SMILES string of the molecule is CN1N=C(c2cc3ccc4cc(-c5nn(C)c(=O)[n+](C)n5)cc(ccc(c2)c3)c4)NN(C)C1=O. The van der Waals surface area contributed by atoms with Crippen molar-refractivity contribution >= 4 is 33.4 Å². The Morgan fingerprint density at radius 2 is 1.32 bits per heavy atom. The van der Waals surface area contributed by atoms with Crippen LogP contribution in [0.2, 0.25) is 0 Å². The highest BCUT2D eigenvalue weighted by atomic mass is 16.2. The van der Waals surface area contributed by atoms with Crippen molar-refractivity contribution in [1.82, 2.24) is 30.3 Å². The van der Waals surface area contributed by atoms with Crippen molar-refractivity contribution in [2.45, 2.75) is 0 Å². The molecule has 0 radical (unpaired) electrons. The molecule has 1 aromatic heterocycles. The lowest BCUT2D eigenvalue weighted by Crippen LogP contribution is -2.54. The summed E-state index contributed by atoms with van der Waals surface area (Å²) in [4.78, 5) is 24.0. The van der Waals surface area contributed by atoms with Gasteiger partial charge in [-0.25, -0.2) is 14.8 Å². The average Bonchev–Trinajstić information content (AvgIpc) is 2.82. The molecule has 34 heavy (non-hydrogen) atoms. The number of hydrazine groups is 1. The normalized spacial score (nSPS) is 13.8. The number of amidine groups is 1. The van der Waals surface area contributed by atoms with Crippen LogP contribution in [0.25, 0.3) is 32.9 Å². The van der Waals surface area contributed by atoms with Gasteiger partial charge in [0, 0.05) is 25.2 Å². The van der Waals surface area contributed by atoms with Crippen molar-refractivity contribution < 1.29 is 9.48 Å². The Hall–Kier alpha value is -4.60. The minimum absolute atomic E-state index is 0.236. The van der Waals surface area contributed by atoms with Gasteiger partial charge in [0.25, 0.3) is 0 Å². The van der Waals surface area contributed by atoms with E-state index in [1.165, 1.54) is 19.4 Å². The molecule has 170 valence electrons. The number of aryl methyl sites for hydroxylation is 2. The Bertz CT molecular complexity index is 1510. The third-order valence-electron chi connectivity index (χ3n) is 5.55. The van der Waals surface area contributed by atoms with Gasteiger partial charge in [-0.3, -0.25) is 5.43 Å². The summed E-state index contributed by atoms with van der Waals surface area (Å²) in [5.74, 6) is 1.06. The Balaban J connectivity index is 1.66. The third kappa shape index (κ3) is 3.96.